The molecule has 1 aromatic rings. The van der Waals surface area contributed by atoms with Crippen LogP contribution in [-0.2, 0) is 0 Å². The lowest BCUT2D eigenvalue weighted by Crippen LogP contribution is -1.72. The Bertz CT molecular complexity index is 146. The highest BCUT2D eigenvalue weighted by Crippen LogP contribution is 2.19. The molecule has 1 aromatic heterocycles. The minimum Gasteiger partial charge on any atom is -0.391 e. The Morgan fingerprint density at radius 2 is 2.25 bits per heavy atom. The van der Waals surface area contributed by atoms with Gasteiger partial charge in [0, 0.05) is 5.38 Å². The van der Waals surface area contributed by atoms with Gasteiger partial charge in [0.05, 0.1) is 10.0 Å². The quantitative estimate of drug-likeness (QED) is 0.635. The molecule has 1 rings (SSSR count). The number of hydrogen-bond donors (Lipinski definition) is 1. The van der Waals surface area contributed by atoms with Crippen LogP contribution < -0.4 is 5.73 Å². The van der Waals surface area contributed by atoms with Gasteiger partial charge in [-0.05, 0) is 6.07 Å². The van der Waals surface area contributed by atoms with Crippen LogP contribution in [0, 0.1) is 0 Å². The monoisotopic (exact) mass is 169 g/mol. The van der Waals surface area contributed by atoms with Gasteiger partial charge in [-0.1, -0.05) is 11.6 Å². The molecule has 4 heteroatoms. The van der Waals surface area contributed by atoms with Crippen LogP contribution in [0.1, 0.15) is 0 Å². The molecule has 8 heavy (non-hydrogen) atoms. The van der Waals surface area contributed by atoms with Crippen molar-refractivity contribution in [3.8, 4) is 0 Å². The van der Waals surface area contributed by atoms with Crippen molar-refractivity contribution in [2.75, 3.05) is 5.73 Å². The zero-order valence-corrected chi connectivity index (χ0v) is 6.32. The van der Waals surface area contributed by atoms with E-state index in [4.69, 9.17) is 17.3 Å². The number of nitrogen functional groups attached to an aromatic ring is 1. The normalized spacial score (nSPS) is 8.12. The Balaban J connectivity index is 0.000000490. The van der Waals surface area contributed by atoms with E-state index < -0.39 is 0 Å². The van der Waals surface area contributed by atoms with Gasteiger partial charge in [0.25, 0.3) is 0 Å². The molecule has 0 saturated carbocycles. The Kier molecular flexibility index (Phi) is 3.21. The third-order valence-electron chi connectivity index (χ3n) is 0.588. The SMILES string of the molecule is Cl.Nc1cc(Cl)cs1. The predicted octanol–water partition coefficient (Wildman–Crippen LogP) is 2.41. The zero-order chi connectivity index (χ0) is 5.28. The van der Waals surface area contributed by atoms with Crippen LogP contribution >= 0.6 is 35.3 Å². The number of hydrogen-bond acceptors (Lipinski definition) is 2. The summed E-state index contributed by atoms with van der Waals surface area (Å²) < 4.78 is 0. The third kappa shape index (κ3) is 1.90. The van der Waals surface area contributed by atoms with Gasteiger partial charge in [-0.2, -0.15) is 0 Å². The topological polar surface area (TPSA) is 26.0 Å². The van der Waals surface area contributed by atoms with Gasteiger partial charge in [0.15, 0.2) is 0 Å². The molecular formula is C4H5Cl2NS. The van der Waals surface area contributed by atoms with Crippen molar-refractivity contribution < 1.29 is 0 Å². The molecule has 0 bridgehead atoms. The molecule has 0 saturated heterocycles. The second-order valence-corrected chi connectivity index (χ2v) is 2.55. The highest BCUT2D eigenvalue weighted by molar-refractivity contribution is 7.14. The maximum atomic E-state index is 5.49. The average molecular weight is 170 g/mol. The summed E-state index contributed by atoms with van der Waals surface area (Å²) in [5.41, 5.74) is 5.31. The largest absolute Gasteiger partial charge is 0.391 e. The summed E-state index contributed by atoms with van der Waals surface area (Å²) in [6, 6.07) is 1.73. The fourth-order valence-corrected chi connectivity index (χ4v) is 1.16. The Hall–Kier alpha value is 0.0800. The standard InChI is InChI=1S/C4H4ClNS.ClH/c5-3-1-4(6)7-2-3;/h1-2H,6H2;1H. The van der Waals surface area contributed by atoms with Gasteiger partial charge < -0.3 is 5.73 Å². The first-order valence-electron chi connectivity index (χ1n) is 1.78. The summed E-state index contributed by atoms with van der Waals surface area (Å²) >= 11 is 6.94. The summed E-state index contributed by atoms with van der Waals surface area (Å²) in [6.07, 6.45) is 0. The van der Waals surface area contributed by atoms with Crippen LogP contribution in [0.3, 0.4) is 0 Å². The van der Waals surface area contributed by atoms with Crippen LogP contribution in [-0.4, -0.2) is 0 Å². The number of nitrogens with two attached hydrogens (primary N) is 1. The maximum absolute atomic E-state index is 5.49. The van der Waals surface area contributed by atoms with Crippen LogP contribution in [0.5, 0.6) is 0 Å². The molecule has 0 unspecified atom stereocenters. The van der Waals surface area contributed by atoms with Crippen molar-refractivity contribution in [3.63, 3.8) is 0 Å². The van der Waals surface area contributed by atoms with Gasteiger partial charge in [-0.25, -0.2) is 0 Å². The molecule has 0 fully saturated rings. The van der Waals surface area contributed by atoms with Crippen LogP contribution in [0.2, 0.25) is 5.02 Å². The third-order valence-corrected chi connectivity index (χ3v) is 1.70. The minimum atomic E-state index is 0. The smallest absolute Gasteiger partial charge is 0.0871 e. The first-order valence-corrected chi connectivity index (χ1v) is 3.04. The first kappa shape index (κ1) is 8.08. The fourth-order valence-electron chi connectivity index (χ4n) is 0.328. The molecule has 0 aliphatic rings. The number of rotatable bonds is 0. The van der Waals surface area contributed by atoms with E-state index in [0.29, 0.717) is 0 Å². The second kappa shape index (κ2) is 3.17. The summed E-state index contributed by atoms with van der Waals surface area (Å²) in [6.45, 7) is 0. The van der Waals surface area contributed by atoms with Crippen LogP contribution in [0.15, 0.2) is 11.4 Å². The van der Waals surface area contributed by atoms with E-state index in [1.807, 2.05) is 0 Å². The number of halogens is 2. The molecule has 1 nitrogen and oxygen atoms in total. The Morgan fingerprint density at radius 1 is 1.62 bits per heavy atom. The molecule has 1 heterocycles. The predicted molar refractivity (Wildman–Crippen MR) is 41.0 cm³/mol. The second-order valence-electron chi connectivity index (χ2n) is 1.17. The Labute approximate surface area is 62.9 Å². The molecule has 0 atom stereocenters. The van der Waals surface area contributed by atoms with E-state index in [1.165, 1.54) is 11.3 Å². The van der Waals surface area contributed by atoms with E-state index in [1.54, 1.807) is 11.4 Å². The van der Waals surface area contributed by atoms with Crippen LogP contribution in [0.4, 0.5) is 5.00 Å². The lowest BCUT2D eigenvalue weighted by atomic mass is 10.6. The molecule has 46 valence electrons. The lowest BCUT2D eigenvalue weighted by Gasteiger charge is -1.70. The van der Waals surface area contributed by atoms with Crippen molar-refractivity contribution in [1.82, 2.24) is 0 Å². The van der Waals surface area contributed by atoms with Gasteiger partial charge in [0.1, 0.15) is 0 Å². The Morgan fingerprint density at radius 3 is 2.38 bits per heavy atom. The highest BCUT2D eigenvalue weighted by atomic mass is 35.5. The lowest BCUT2D eigenvalue weighted by molar-refractivity contribution is 1.94. The summed E-state index contributed by atoms with van der Waals surface area (Å²) in [5, 5.41) is 3.30. The highest BCUT2D eigenvalue weighted by Gasteiger charge is 1.87. The van der Waals surface area contributed by atoms with Crippen LogP contribution in [0.25, 0.3) is 0 Å². The van der Waals surface area contributed by atoms with E-state index >= 15 is 0 Å². The molecule has 0 spiro atoms. The van der Waals surface area contributed by atoms with Crippen molar-refractivity contribution in [3.05, 3.63) is 16.5 Å². The fraction of sp³-hybridized carbons (Fsp3) is 0. The molecule has 0 amide bonds. The van der Waals surface area contributed by atoms with Crippen molar-refractivity contribution in [1.29, 1.82) is 0 Å². The van der Waals surface area contributed by atoms with Gasteiger partial charge >= 0.3 is 0 Å². The van der Waals surface area contributed by atoms with E-state index in [0.717, 1.165) is 10.0 Å². The molecular weight excluding hydrogens is 165 g/mol. The van der Waals surface area contributed by atoms with E-state index in [9.17, 15) is 0 Å². The van der Waals surface area contributed by atoms with E-state index in [-0.39, 0.29) is 12.4 Å². The van der Waals surface area contributed by atoms with Crippen molar-refractivity contribution in [2.45, 2.75) is 0 Å². The molecule has 0 radical (unpaired) electrons. The van der Waals surface area contributed by atoms with Crippen molar-refractivity contribution in [2.24, 2.45) is 0 Å². The zero-order valence-electron chi connectivity index (χ0n) is 3.93. The average Bonchev–Trinajstić information content (AvgIpc) is 1.87. The number of anilines is 1. The van der Waals surface area contributed by atoms with Gasteiger partial charge in [-0.3, -0.25) is 0 Å². The first-order chi connectivity index (χ1) is 3.29. The summed E-state index contributed by atoms with van der Waals surface area (Å²) in [7, 11) is 0. The summed E-state index contributed by atoms with van der Waals surface area (Å²) in [4.78, 5) is 0. The molecule has 2 N–H and O–H groups in total. The maximum Gasteiger partial charge on any atom is 0.0871 e. The molecule has 0 aromatic carbocycles. The van der Waals surface area contributed by atoms with Crippen molar-refractivity contribution >= 4 is 40.3 Å². The van der Waals surface area contributed by atoms with E-state index in [2.05, 4.69) is 0 Å². The van der Waals surface area contributed by atoms with Gasteiger partial charge in [0.2, 0.25) is 0 Å². The molecule has 0 aliphatic heterocycles. The van der Waals surface area contributed by atoms with Gasteiger partial charge in [-0.15, -0.1) is 23.7 Å². The molecule has 0 aliphatic carbocycles. The summed E-state index contributed by atoms with van der Waals surface area (Å²) in [5.74, 6) is 0. The number of thiophene rings is 1. The minimum absolute atomic E-state index is 0.